The van der Waals surface area contributed by atoms with E-state index in [1.54, 1.807) is 6.92 Å². The molecule has 0 atom stereocenters. The van der Waals surface area contributed by atoms with E-state index in [2.05, 4.69) is 5.10 Å². The average molecular weight is 245 g/mol. The molecule has 0 aliphatic rings. The Labute approximate surface area is 105 Å². The number of nitrogens with zero attached hydrogens (tertiary/aromatic N) is 2. The van der Waals surface area contributed by atoms with Crippen LogP contribution in [0.25, 0.3) is 5.69 Å². The zero-order valence-corrected chi connectivity index (χ0v) is 10.3. The third-order valence-corrected chi connectivity index (χ3v) is 2.91. The lowest BCUT2D eigenvalue weighted by molar-refractivity contribution is 0.0697. The predicted octanol–water partition coefficient (Wildman–Crippen LogP) is 2.02. The quantitative estimate of drug-likeness (QED) is 0.866. The molecule has 0 radical (unpaired) electrons. The lowest BCUT2D eigenvalue weighted by Gasteiger charge is -2.09. The molecule has 0 amide bonds. The van der Waals surface area contributed by atoms with Gasteiger partial charge in [-0.15, -0.1) is 0 Å². The van der Waals surface area contributed by atoms with Crippen molar-refractivity contribution in [1.82, 2.24) is 9.78 Å². The summed E-state index contributed by atoms with van der Waals surface area (Å²) >= 11 is 0. The fourth-order valence-corrected chi connectivity index (χ4v) is 2.01. The maximum atomic E-state index is 11.1. The second-order valence-electron chi connectivity index (χ2n) is 4.04. The Morgan fingerprint density at radius 1 is 1.44 bits per heavy atom. The number of aromatic carboxylic acids is 1. The Hall–Kier alpha value is -2.30. The second kappa shape index (κ2) is 4.52. The number of carboxylic acid groups (broad SMARTS) is 1. The van der Waals surface area contributed by atoms with Crippen molar-refractivity contribution >= 4 is 11.8 Å². The number of nitrogen functional groups attached to an aromatic ring is 1. The summed E-state index contributed by atoms with van der Waals surface area (Å²) in [5, 5.41) is 13.3. The van der Waals surface area contributed by atoms with E-state index in [1.807, 2.05) is 31.2 Å². The highest BCUT2D eigenvalue weighted by Crippen LogP contribution is 2.23. The Morgan fingerprint density at radius 3 is 2.67 bits per heavy atom. The molecule has 3 N–H and O–H groups in total. The summed E-state index contributed by atoms with van der Waals surface area (Å²) in [4.78, 5) is 11.1. The van der Waals surface area contributed by atoms with E-state index in [0.29, 0.717) is 5.69 Å². The van der Waals surface area contributed by atoms with Gasteiger partial charge in [-0.2, -0.15) is 5.10 Å². The van der Waals surface area contributed by atoms with E-state index in [1.165, 1.54) is 4.68 Å². The largest absolute Gasteiger partial charge is 0.477 e. The van der Waals surface area contributed by atoms with Crippen LogP contribution in [0.15, 0.2) is 24.3 Å². The number of benzene rings is 1. The van der Waals surface area contributed by atoms with Crippen molar-refractivity contribution in [2.24, 2.45) is 0 Å². The first-order valence-electron chi connectivity index (χ1n) is 5.73. The first kappa shape index (κ1) is 12.2. The molecule has 0 spiro atoms. The molecule has 2 rings (SSSR count). The molecule has 1 aromatic heterocycles. The van der Waals surface area contributed by atoms with Gasteiger partial charge < -0.3 is 10.8 Å². The first-order valence-corrected chi connectivity index (χ1v) is 5.73. The lowest BCUT2D eigenvalue weighted by Crippen LogP contribution is -2.07. The van der Waals surface area contributed by atoms with Gasteiger partial charge >= 0.3 is 5.97 Å². The number of aryl methyl sites for hydroxylation is 2. The summed E-state index contributed by atoms with van der Waals surface area (Å²) in [7, 11) is 0. The Kier molecular flexibility index (Phi) is 3.06. The topological polar surface area (TPSA) is 81.1 Å². The number of nitrogens with two attached hydrogens (primary N) is 1. The van der Waals surface area contributed by atoms with Gasteiger partial charge in [-0.1, -0.05) is 25.1 Å². The molecule has 18 heavy (non-hydrogen) atoms. The Morgan fingerprint density at radius 2 is 2.11 bits per heavy atom. The van der Waals surface area contributed by atoms with Crippen LogP contribution in [0.4, 0.5) is 5.82 Å². The van der Waals surface area contributed by atoms with Gasteiger partial charge in [0.15, 0.2) is 0 Å². The third kappa shape index (κ3) is 1.84. The second-order valence-corrected chi connectivity index (χ2v) is 4.04. The number of para-hydroxylation sites is 1. The summed E-state index contributed by atoms with van der Waals surface area (Å²) in [6.07, 6.45) is 0.830. The predicted molar refractivity (Wildman–Crippen MR) is 69.1 cm³/mol. The van der Waals surface area contributed by atoms with Crippen molar-refractivity contribution in [3.63, 3.8) is 0 Å². The van der Waals surface area contributed by atoms with E-state index in [4.69, 9.17) is 10.8 Å². The molecule has 0 bridgehead atoms. The van der Waals surface area contributed by atoms with Gasteiger partial charge in [-0.05, 0) is 25.0 Å². The zero-order chi connectivity index (χ0) is 13.3. The van der Waals surface area contributed by atoms with E-state index in [0.717, 1.165) is 17.7 Å². The molecule has 0 aliphatic carbocycles. The smallest absolute Gasteiger partial charge is 0.341 e. The molecule has 1 aromatic carbocycles. The Balaban J connectivity index is 2.65. The summed E-state index contributed by atoms with van der Waals surface area (Å²) in [5.41, 5.74) is 8.27. The molecule has 1 heterocycles. The molecule has 94 valence electrons. The van der Waals surface area contributed by atoms with Crippen molar-refractivity contribution in [3.05, 3.63) is 41.1 Å². The van der Waals surface area contributed by atoms with Crippen molar-refractivity contribution in [2.75, 3.05) is 5.73 Å². The molecular formula is C13H15N3O2. The number of carboxylic acids is 1. The average Bonchev–Trinajstić information content (AvgIpc) is 2.64. The van der Waals surface area contributed by atoms with Gasteiger partial charge in [0.05, 0.1) is 11.4 Å². The molecule has 5 heteroatoms. The van der Waals surface area contributed by atoms with E-state index < -0.39 is 5.97 Å². The van der Waals surface area contributed by atoms with Crippen LogP contribution in [-0.2, 0) is 6.42 Å². The number of rotatable bonds is 3. The molecule has 2 aromatic rings. The van der Waals surface area contributed by atoms with Gasteiger partial charge in [0, 0.05) is 0 Å². The molecule has 0 saturated heterocycles. The molecule has 0 aliphatic heterocycles. The van der Waals surface area contributed by atoms with Crippen LogP contribution in [-0.4, -0.2) is 20.9 Å². The van der Waals surface area contributed by atoms with Crippen LogP contribution < -0.4 is 5.73 Å². The van der Waals surface area contributed by atoms with Crippen molar-refractivity contribution < 1.29 is 9.90 Å². The summed E-state index contributed by atoms with van der Waals surface area (Å²) in [5.74, 6) is -0.883. The third-order valence-electron chi connectivity index (χ3n) is 2.91. The lowest BCUT2D eigenvalue weighted by atomic mass is 10.1. The van der Waals surface area contributed by atoms with Crippen LogP contribution in [0.5, 0.6) is 0 Å². The fourth-order valence-electron chi connectivity index (χ4n) is 2.01. The monoisotopic (exact) mass is 245 g/mol. The highest BCUT2D eigenvalue weighted by atomic mass is 16.4. The van der Waals surface area contributed by atoms with Crippen LogP contribution in [0.3, 0.4) is 0 Å². The molecule has 0 fully saturated rings. The van der Waals surface area contributed by atoms with Gasteiger partial charge in [-0.25, -0.2) is 9.48 Å². The SMILES string of the molecule is CCc1ccccc1-n1nc(C)c(C(=O)O)c1N. The number of aromatic nitrogens is 2. The van der Waals surface area contributed by atoms with Crippen molar-refractivity contribution in [3.8, 4) is 5.69 Å². The molecule has 5 nitrogen and oxygen atoms in total. The van der Waals surface area contributed by atoms with E-state index in [9.17, 15) is 4.79 Å². The van der Waals surface area contributed by atoms with Crippen LogP contribution in [0, 0.1) is 6.92 Å². The zero-order valence-electron chi connectivity index (χ0n) is 10.3. The molecular weight excluding hydrogens is 230 g/mol. The standard InChI is InChI=1S/C13H15N3O2/c1-3-9-6-4-5-7-10(9)16-12(14)11(13(17)18)8(2)15-16/h4-7H,3,14H2,1-2H3,(H,17,18). The molecule has 0 saturated carbocycles. The van der Waals surface area contributed by atoms with Crippen molar-refractivity contribution in [2.45, 2.75) is 20.3 Å². The highest BCUT2D eigenvalue weighted by Gasteiger charge is 2.20. The Bertz CT molecular complexity index is 602. The highest BCUT2D eigenvalue weighted by molar-refractivity contribution is 5.94. The van der Waals surface area contributed by atoms with Crippen LogP contribution >= 0.6 is 0 Å². The molecule has 0 unspecified atom stereocenters. The van der Waals surface area contributed by atoms with Crippen LogP contribution in [0.1, 0.15) is 28.5 Å². The normalized spacial score (nSPS) is 10.6. The summed E-state index contributed by atoms with van der Waals surface area (Å²) in [6.45, 7) is 3.67. The maximum Gasteiger partial charge on any atom is 0.341 e. The minimum absolute atomic E-state index is 0.0703. The number of hydrogen-bond donors (Lipinski definition) is 2. The van der Waals surface area contributed by atoms with E-state index >= 15 is 0 Å². The number of anilines is 1. The van der Waals surface area contributed by atoms with Crippen molar-refractivity contribution in [1.29, 1.82) is 0 Å². The summed E-state index contributed by atoms with van der Waals surface area (Å²) < 4.78 is 1.50. The van der Waals surface area contributed by atoms with Gasteiger partial charge in [0.1, 0.15) is 11.4 Å². The van der Waals surface area contributed by atoms with E-state index in [-0.39, 0.29) is 11.4 Å². The van der Waals surface area contributed by atoms with Gasteiger partial charge in [0.25, 0.3) is 0 Å². The fraction of sp³-hybridized carbons (Fsp3) is 0.231. The van der Waals surface area contributed by atoms with Crippen LogP contribution in [0.2, 0.25) is 0 Å². The number of carbonyl (C=O) groups is 1. The maximum absolute atomic E-state index is 11.1. The van der Waals surface area contributed by atoms with Gasteiger partial charge in [0.2, 0.25) is 0 Å². The summed E-state index contributed by atoms with van der Waals surface area (Å²) in [6, 6.07) is 7.68. The first-order chi connectivity index (χ1) is 8.56. The van der Waals surface area contributed by atoms with Gasteiger partial charge in [-0.3, -0.25) is 0 Å². The minimum atomic E-state index is -1.05. The minimum Gasteiger partial charge on any atom is -0.477 e. The number of hydrogen-bond acceptors (Lipinski definition) is 3.